The van der Waals surface area contributed by atoms with Crippen LogP contribution in [0.25, 0.3) is 0 Å². The van der Waals surface area contributed by atoms with Crippen LogP contribution in [0.2, 0.25) is 0 Å². The summed E-state index contributed by atoms with van der Waals surface area (Å²) < 4.78 is 2.05. The Balaban J connectivity index is 2.08. The molecule has 2 N–H and O–H groups in total. The molecule has 108 valence electrons. The maximum atomic E-state index is 6.04. The molecule has 0 aliphatic carbocycles. The molecule has 2 rings (SSSR count). The Kier molecular flexibility index (Phi) is 4.57. The van der Waals surface area contributed by atoms with E-state index in [1.807, 2.05) is 25.5 Å². The van der Waals surface area contributed by atoms with E-state index >= 15 is 0 Å². The number of likely N-dealkylation sites (N-methyl/N-ethyl adjacent to an activating group) is 1. The molecule has 0 spiro atoms. The van der Waals surface area contributed by atoms with Gasteiger partial charge in [0.05, 0.1) is 6.54 Å². The Morgan fingerprint density at radius 3 is 2.55 bits per heavy atom. The third-order valence-electron chi connectivity index (χ3n) is 3.87. The van der Waals surface area contributed by atoms with Crippen molar-refractivity contribution in [1.29, 1.82) is 0 Å². The number of benzene rings is 1. The number of hydrogen-bond donors (Lipinski definition) is 1. The van der Waals surface area contributed by atoms with Gasteiger partial charge in [-0.15, -0.1) is 0 Å². The van der Waals surface area contributed by atoms with Crippen LogP contribution in [-0.4, -0.2) is 34.6 Å². The first-order valence-electron chi connectivity index (χ1n) is 6.95. The average molecular weight is 272 g/mol. The van der Waals surface area contributed by atoms with Crippen LogP contribution in [0.3, 0.4) is 0 Å². The van der Waals surface area contributed by atoms with Gasteiger partial charge in [0.1, 0.15) is 5.82 Å². The molecule has 0 saturated heterocycles. The van der Waals surface area contributed by atoms with Crippen molar-refractivity contribution in [1.82, 2.24) is 14.5 Å². The van der Waals surface area contributed by atoms with Crippen LogP contribution in [-0.2, 0) is 19.0 Å². The smallest absolute Gasteiger partial charge is 0.122 e. The zero-order valence-electron chi connectivity index (χ0n) is 12.6. The van der Waals surface area contributed by atoms with Crippen LogP contribution in [0.5, 0.6) is 0 Å². The molecule has 1 aromatic heterocycles. The standard InChI is InChI=1S/C16H24N4/c1-16(12-17,14-7-5-4-6-8-14)13-19(2)11-15-18-9-10-20(15)3/h4-10H,11-13,17H2,1-3H3. The van der Waals surface area contributed by atoms with Crippen LogP contribution in [0.4, 0.5) is 0 Å². The molecule has 0 radical (unpaired) electrons. The van der Waals surface area contributed by atoms with Crippen molar-refractivity contribution in [2.24, 2.45) is 12.8 Å². The van der Waals surface area contributed by atoms with Gasteiger partial charge in [0.2, 0.25) is 0 Å². The predicted molar refractivity (Wildman–Crippen MR) is 82.4 cm³/mol. The van der Waals surface area contributed by atoms with E-state index in [2.05, 4.69) is 52.7 Å². The Labute approximate surface area is 121 Å². The molecular formula is C16H24N4. The van der Waals surface area contributed by atoms with Gasteiger partial charge in [-0.05, 0) is 12.6 Å². The first kappa shape index (κ1) is 14.8. The number of aryl methyl sites for hydroxylation is 1. The highest BCUT2D eigenvalue weighted by Gasteiger charge is 2.26. The number of rotatable bonds is 6. The summed E-state index contributed by atoms with van der Waals surface area (Å²) in [6.07, 6.45) is 3.81. The summed E-state index contributed by atoms with van der Waals surface area (Å²) in [4.78, 5) is 6.65. The molecular weight excluding hydrogens is 248 g/mol. The lowest BCUT2D eigenvalue weighted by Crippen LogP contribution is -2.42. The topological polar surface area (TPSA) is 47.1 Å². The average Bonchev–Trinajstić information content (AvgIpc) is 2.85. The Hall–Kier alpha value is -1.65. The van der Waals surface area contributed by atoms with Crippen molar-refractivity contribution in [3.8, 4) is 0 Å². The maximum absolute atomic E-state index is 6.04. The van der Waals surface area contributed by atoms with Crippen molar-refractivity contribution < 1.29 is 0 Å². The van der Waals surface area contributed by atoms with Crippen LogP contribution in [0.15, 0.2) is 42.7 Å². The Bertz CT molecular complexity index is 534. The van der Waals surface area contributed by atoms with Crippen LogP contribution in [0.1, 0.15) is 18.3 Å². The molecule has 1 unspecified atom stereocenters. The van der Waals surface area contributed by atoms with E-state index in [1.165, 1.54) is 5.56 Å². The monoisotopic (exact) mass is 272 g/mol. The summed E-state index contributed by atoms with van der Waals surface area (Å²) in [6, 6.07) is 10.5. The molecule has 4 nitrogen and oxygen atoms in total. The largest absolute Gasteiger partial charge is 0.337 e. The highest BCUT2D eigenvalue weighted by molar-refractivity contribution is 5.25. The van der Waals surface area contributed by atoms with Crippen LogP contribution >= 0.6 is 0 Å². The van der Waals surface area contributed by atoms with Gasteiger partial charge in [-0.1, -0.05) is 37.3 Å². The van der Waals surface area contributed by atoms with Crippen molar-refractivity contribution >= 4 is 0 Å². The van der Waals surface area contributed by atoms with E-state index in [4.69, 9.17) is 5.73 Å². The fourth-order valence-corrected chi connectivity index (χ4v) is 2.56. The Morgan fingerprint density at radius 1 is 1.30 bits per heavy atom. The second kappa shape index (κ2) is 6.20. The summed E-state index contributed by atoms with van der Waals surface area (Å²) >= 11 is 0. The molecule has 0 fully saturated rings. The highest BCUT2D eigenvalue weighted by atomic mass is 15.2. The van der Waals surface area contributed by atoms with Gasteiger partial charge in [-0.25, -0.2) is 4.98 Å². The van der Waals surface area contributed by atoms with Crippen LogP contribution in [0, 0.1) is 0 Å². The quantitative estimate of drug-likeness (QED) is 0.872. The summed E-state index contributed by atoms with van der Waals surface area (Å²) in [5.74, 6) is 1.07. The van der Waals surface area contributed by atoms with E-state index < -0.39 is 0 Å². The van der Waals surface area contributed by atoms with Crippen LogP contribution < -0.4 is 5.73 Å². The van der Waals surface area contributed by atoms with Gasteiger partial charge in [-0.2, -0.15) is 0 Å². The zero-order chi connectivity index (χ0) is 14.6. The Morgan fingerprint density at radius 2 is 2.00 bits per heavy atom. The second-order valence-corrected chi connectivity index (χ2v) is 5.76. The molecule has 1 aromatic carbocycles. The summed E-state index contributed by atoms with van der Waals surface area (Å²) in [6.45, 7) is 4.57. The lowest BCUT2D eigenvalue weighted by molar-refractivity contribution is 0.245. The van der Waals surface area contributed by atoms with E-state index in [9.17, 15) is 0 Å². The second-order valence-electron chi connectivity index (χ2n) is 5.76. The van der Waals surface area contributed by atoms with Crippen molar-refractivity contribution in [3.63, 3.8) is 0 Å². The van der Waals surface area contributed by atoms with Gasteiger partial charge in [-0.3, -0.25) is 4.90 Å². The zero-order valence-corrected chi connectivity index (χ0v) is 12.6. The fraction of sp³-hybridized carbons (Fsp3) is 0.438. The van der Waals surface area contributed by atoms with Crippen molar-refractivity contribution in [3.05, 3.63) is 54.1 Å². The van der Waals surface area contributed by atoms with Gasteiger partial charge < -0.3 is 10.3 Å². The maximum Gasteiger partial charge on any atom is 0.122 e. The first-order chi connectivity index (χ1) is 9.55. The molecule has 1 heterocycles. The molecule has 0 aliphatic heterocycles. The molecule has 2 aromatic rings. The van der Waals surface area contributed by atoms with Gasteiger partial charge in [0, 0.05) is 37.9 Å². The van der Waals surface area contributed by atoms with Gasteiger partial charge in [0.15, 0.2) is 0 Å². The number of nitrogens with two attached hydrogens (primary N) is 1. The van der Waals surface area contributed by atoms with E-state index in [1.54, 1.807) is 0 Å². The van der Waals surface area contributed by atoms with E-state index in [0.29, 0.717) is 6.54 Å². The number of nitrogens with zero attached hydrogens (tertiary/aromatic N) is 3. The molecule has 0 saturated carbocycles. The molecule has 0 aliphatic rings. The molecule has 0 amide bonds. The third-order valence-corrected chi connectivity index (χ3v) is 3.87. The fourth-order valence-electron chi connectivity index (χ4n) is 2.56. The lowest BCUT2D eigenvalue weighted by Gasteiger charge is -2.33. The van der Waals surface area contributed by atoms with Gasteiger partial charge in [0.25, 0.3) is 0 Å². The minimum atomic E-state index is -0.0405. The van der Waals surface area contributed by atoms with Crippen molar-refractivity contribution in [2.45, 2.75) is 18.9 Å². The number of imidazole rings is 1. The van der Waals surface area contributed by atoms with E-state index in [0.717, 1.165) is 18.9 Å². The summed E-state index contributed by atoms with van der Waals surface area (Å²) in [5, 5.41) is 0. The minimum absolute atomic E-state index is 0.0405. The first-order valence-corrected chi connectivity index (χ1v) is 6.95. The number of aromatic nitrogens is 2. The normalized spacial score (nSPS) is 14.4. The molecule has 20 heavy (non-hydrogen) atoms. The van der Waals surface area contributed by atoms with Crippen molar-refractivity contribution in [2.75, 3.05) is 20.1 Å². The highest BCUT2D eigenvalue weighted by Crippen LogP contribution is 2.23. The molecule has 0 bridgehead atoms. The number of hydrogen-bond acceptors (Lipinski definition) is 3. The summed E-state index contributed by atoms with van der Waals surface area (Å²) in [7, 11) is 4.14. The lowest BCUT2D eigenvalue weighted by atomic mass is 9.82. The molecule has 4 heteroatoms. The van der Waals surface area contributed by atoms with E-state index in [-0.39, 0.29) is 5.41 Å². The summed E-state index contributed by atoms with van der Waals surface area (Å²) in [5.41, 5.74) is 7.29. The minimum Gasteiger partial charge on any atom is -0.337 e. The van der Waals surface area contributed by atoms with Gasteiger partial charge >= 0.3 is 0 Å². The predicted octanol–water partition coefficient (Wildman–Crippen LogP) is 1.77. The third kappa shape index (κ3) is 3.26. The molecule has 1 atom stereocenters. The SMILES string of the molecule is CN(Cc1nccn1C)CC(C)(CN)c1ccccc1.